The number of carbonyl (C=O) groups is 1. The molecule has 2 heterocycles. The first-order chi connectivity index (χ1) is 13.6. The Balaban J connectivity index is 1.64. The number of nitrogens with zero attached hydrogens (tertiary/aromatic N) is 2. The average molecular weight is 377 g/mol. The normalized spacial score (nSPS) is 14.7. The number of anilines is 1. The molecule has 144 valence electrons. The lowest BCUT2D eigenvalue weighted by molar-refractivity contribution is 0.101. The highest BCUT2D eigenvalue weighted by Crippen LogP contribution is 2.28. The van der Waals surface area contributed by atoms with Gasteiger partial charge in [-0.25, -0.2) is 9.37 Å². The van der Waals surface area contributed by atoms with E-state index in [0.717, 1.165) is 24.2 Å². The van der Waals surface area contributed by atoms with Gasteiger partial charge < -0.3 is 9.88 Å². The van der Waals surface area contributed by atoms with E-state index in [-0.39, 0.29) is 11.6 Å². The minimum Gasteiger partial charge on any atom is -0.372 e. The molecule has 0 atom stereocenters. The minimum absolute atomic E-state index is 0.0979. The third kappa shape index (κ3) is 3.84. The Morgan fingerprint density at radius 2 is 1.54 bits per heavy atom. The Hall–Kier alpha value is -2.95. The number of aromatic amines is 1. The second-order valence-electron chi connectivity index (χ2n) is 7.32. The van der Waals surface area contributed by atoms with Gasteiger partial charge in [0.2, 0.25) is 0 Å². The van der Waals surface area contributed by atoms with Crippen LogP contribution in [-0.2, 0) is 0 Å². The average Bonchev–Trinajstić information content (AvgIpc) is 2.98. The minimum atomic E-state index is -0.312. The number of rotatable bonds is 4. The Labute approximate surface area is 164 Å². The number of imidazole rings is 1. The van der Waals surface area contributed by atoms with Gasteiger partial charge in [0, 0.05) is 36.8 Å². The van der Waals surface area contributed by atoms with Crippen molar-refractivity contribution in [3.05, 3.63) is 60.0 Å². The van der Waals surface area contributed by atoms with Gasteiger partial charge in [0.15, 0.2) is 5.78 Å². The van der Waals surface area contributed by atoms with E-state index in [1.807, 2.05) is 12.1 Å². The summed E-state index contributed by atoms with van der Waals surface area (Å²) >= 11 is 0. The van der Waals surface area contributed by atoms with Crippen molar-refractivity contribution in [3.8, 4) is 22.6 Å². The van der Waals surface area contributed by atoms with Crippen molar-refractivity contribution in [3.63, 3.8) is 0 Å². The molecule has 2 aromatic carbocycles. The van der Waals surface area contributed by atoms with E-state index < -0.39 is 0 Å². The molecule has 0 bridgehead atoms. The molecule has 0 unspecified atom stereocenters. The van der Waals surface area contributed by atoms with Crippen molar-refractivity contribution in [1.82, 2.24) is 9.97 Å². The summed E-state index contributed by atoms with van der Waals surface area (Å²) in [4.78, 5) is 22.3. The predicted octanol–water partition coefficient (Wildman–Crippen LogP) is 5.47. The van der Waals surface area contributed by atoms with Crippen molar-refractivity contribution in [2.24, 2.45) is 0 Å². The van der Waals surface area contributed by atoms with Gasteiger partial charge >= 0.3 is 0 Å². The quantitative estimate of drug-likeness (QED) is 0.614. The molecule has 1 aliphatic rings. The van der Waals surface area contributed by atoms with Crippen molar-refractivity contribution in [1.29, 1.82) is 0 Å². The third-order valence-corrected chi connectivity index (χ3v) is 5.29. The molecule has 0 radical (unpaired) electrons. The van der Waals surface area contributed by atoms with Gasteiger partial charge in [-0.3, -0.25) is 4.79 Å². The number of H-pyrrole nitrogens is 1. The third-order valence-electron chi connectivity index (χ3n) is 5.29. The number of aromatic nitrogens is 2. The Morgan fingerprint density at radius 1 is 0.929 bits per heavy atom. The van der Waals surface area contributed by atoms with Crippen LogP contribution in [0.15, 0.2) is 48.5 Å². The maximum absolute atomic E-state index is 13.2. The lowest BCUT2D eigenvalue weighted by Gasteiger charge is -2.22. The smallest absolute Gasteiger partial charge is 0.178 e. The van der Waals surface area contributed by atoms with Crippen molar-refractivity contribution < 1.29 is 9.18 Å². The summed E-state index contributed by atoms with van der Waals surface area (Å²) < 4.78 is 13.2. The summed E-state index contributed by atoms with van der Waals surface area (Å²) in [5, 5.41) is 0. The van der Waals surface area contributed by atoms with E-state index in [9.17, 15) is 9.18 Å². The molecule has 1 aromatic heterocycles. The summed E-state index contributed by atoms with van der Waals surface area (Å²) in [5.41, 5.74) is 3.87. The highest BCUT2D eigenvalue weighted by molar-refractivity contribution is 5.99. The van der Waals surface area contributed by atoms with Gasteiger partial charge in [-0.05, 0) is 61.4 Å². The Bertz CT molecular complexity index is 953. The fourth-order valence-electron chi connectivity index (χ4n) is 3.74. The van der Waals surface area contributed by atoms with E-state index in [2.05, 4.69) is 27.0 Å². The van der Waals surface area contributed by atoms with Gasteiger partial charge in [0.25, 0.3) is 0 Å². The summed E-state index contributed by atoms with van der Waals surface area (Å²) in [7, 11) is 0. The van der Waals surface area contributed by atoms with Gasteiger partial charge in [-0.2, -0.15) is 0 Å². The largest absolute Gasteiger partial charge is 0.372 e. The first-order valence-electron chi connectivity index (χ1n) is 9.84. The number of Topliss-reactive ketones (excluding diaryl/α,β-unsaturated/α-hetero) is 1. The highest BCUT2D eigenvalue weighted by Gasteiger charge is 2.17. The van der Waals surface area contributed by atoms with Crippen LogP contribution in [0, 0.1) is 5.82 Å². The predicted molar refractivity (Wildman–Crippen MR) is 110 cm³/mol. The number of hydrogen-bond acceptors (Lipinski definition) is 3. The SMILES string of the molecule is CC(=O)c1[nH]c(-c2ccc(N3CCCCCC3)cc2)nc1-c1ccc(F)cc1. The van der Waals surface area contributed by atoms with Crippen LogP contribution in [0.2, 0.25) is 0 Å². The van der Waals surface area contributed by atoms with Crippen LogP contribution in [0.5, 0.6) is 0 Å². The van der Waals surface area contributed by atoms with Crippen LogP contribution < -0.4 is 4.90 Å². The second kappa shape index (κ2) is 7.97. The summed E-state index contributed by atoms with van der Waals surface area (Å²) in [6.45, 7) is 3.71. The molecule has 1 saturated heterocycles. The molecule has 3 aromatic rings. The molecule has 0 spiro atoms. The van der Waals surface area contributed by atoms with E-state index >= 15 is 0 Å². The molecule has 1 N–H and O–H groups in total. The number of ketones is 1. The molecule has 1 aliphatic heterocycles. The van der Waals surface area contributed by atoms with Crippen LogP contribution in [0.25, 0.3) is 22.6 Å². The maximum atomic E-state index is 13.2. The molecular weight excluding hydrogens is 353 g/mol. The molecule has 5 heteroatoms. The monoisotopic (exact) mass is 377 g/mol. The zero-order chi connectivity index (χ0) is 19.5. The van der Waals surface area contributed by atoms with Crippen molar-refractivity contribution in [2.75, 3.05) is 18.0 Å². The molecule has 0 saturated carbocycles. The molecule has 0 aliphatic carbocycles. The summed E-state index contributed by atoms with van der Waals surface area (Å²) in [6.07, 6.45) is 5.09. The van der Waals surface area contributed by atoms with Crippen LogP contribution >= 0.6 is 0 Å². The van der Waals surface area contributed by atoms with E-state index in [4.69, 9.17) is 0 Å². The summed E-state index contributed by atoms with van der Waals surface area (Å²) in [5.74, 6) is 0.235. The maximum Gasteiger partial charge on any atom is 0.178 e. The standard InChI is InChI=1S/C23H24FN3O/c1-16(28)21-22(17-6-10-19(24)11-7-17)26-23(25-21)18-8-12-20(13-9-18)27-14-4-2-3-5-15-27/h6-13H,2-5,14-15H2,1H3,(H,25,26). The molecule has 4 nitrogen and oxygen atoms in total. The van der Waals surface area contributed by atoms with Gasteiger partial charge in [0.1, 0.15) is 17.3 Å². The topological polar surface area (TPSA) is 49.0 Å². The fourth-order valence-corrected chi connectivity index (χ4v) is 3.74. The van der Waals surface area contributed by atoms with Crippen LogP contribution in [0.1, 0.15) is 43.1 Å². The van der Waals surface area contributed by atoms with Crippen molar-refractivity contribution >= 4 is 11.5 Å². The number of nitrogens with one attached hydrogen (secondary N) is 1. The van der Waals surface area contributed by atoms with Gasteiger partial charge in [0.05, 0.1) is 5.69 Å². The molecule has 1 fully saturated rings. The highest BCUT2D eigenvalue weighted by atomic mass is 19.1. The van der Waals surface area contributed by atoms with E-state index in [1.54, 1.807) is 12.1 Å². The van der Waals surface area contributed by atoms with Crippen LogP contribution in [0.4, 0.5) is 10.1 Å². The fraction of sp³-hybridized carbons (Fsp3) is 0.304. The first-order valence-corrected chi connectivity index (χ1v) is 9.84. The zero-order valence-corrected chi connectivity index (χ0v) is 16.0. The molecule has 0 amide bonds. The molecular formula is C23H24FN3O. The number of halogens is 1. The van der Waals surface area contributed by atoms with Gasteiger partial charge in [-0.15, -0.1) is 0 Å². The lowest BCUT2D eigenvalue weighted by Crippen LogP contribution is -2.23. The molecule has 28 heavy (non-hydrogen) atoms. The van der Waals surface area contributed by atoms with Crippen LogP contribution in [0.3, 0.4) is 0 Å². The Morgan fingerprint density at radius 3 is 2.14 bits per heavy atom. The Kier molecular flexibility index (Phi) is 5.24. The van der Waals surface area contributed by atoms with Gasteiger partial charge in [-0.1, -0.05) is 12.8 Å². The second-order valence-corrected chi connectivity index (χ2v) is 7.32. The number of hydrogen-bond donors (Lipinski definition) is 1. The van der Waals surface area contributed by atoms with Crippen molar-refractivity contribution in [2.45, 2.75) is 32.6 Å². The number of benzene rings is 2. The van der Waals surface area contributed by atoms with Crippen LogP contribution in [-0.4, -0.2) is 28.8 Å². The van der Waals surface area contributed by atoms with E-state index in [1.165, 1.54) is 50.4 Å². The van der Waals surface area contributed by atoms with E-state index in [0.29, 0.717) is 17.2 Å². The number of carbonyl (C=O) groups excluding carboxylic acids is 1. The first kappa shape index (κ1) is 18.4. The zero-order valence-electron chi connectivity index (χ0n) is 16.0. The lowest BCUT2D eigenvalue weighted by atomic mass is 10.1. The summed E-state index contributed by atoms with van der Waals surface area (Å²) in [6, 6.07) is 14.4. The molecule has 4 rings (SSSR count).